The number of rotatable bonds is 4. The first-order chi connectivity index (χ1) is 6.21. The summed E-state index contributed by atoms with van der Waals surface area (Å²) in [4.78, 5) is 11.5. The van der Waals surface area contributed by atoms with Gasteiger partial charge in [0.15, 0.2) is 0 Å². The Kier molecular flexibility index (Phi) is 4.58. The lowest BCUT2D eigenvalue weighted by Crippen LogP contribution is -2.43. The summed E-state index contributed by atoms with van der Waals surface area (Å²) in [5.41, 5.74) is 1.36. The van der Waals surface area contributed by atoms with Gasteiger partial charge in [0.2, 0.25) is 0 Å². The van der Waals surface area contributed by atoms with Gasteiger partial charge in [0.05, 0.1) is 0 Å². The minimum atomic E-state index is -1.94. The third-order valence-electron chi connectivity index (χ3n) is 2.95. The van der Waals surface area contributed by atoms with E-state index in [-0.39, 0.29) is 5.97 Å². The molecular weight excluding hydrogens is 192 g/mol. The van der Waals surface area contributed by atoms with Gasteiger partial charge in [0.25, 0.3) is 8.32 Å². The Morgan fingerprint density at radius 3 is 1.79 bits per heavy atom. The fourth-order valence-electron chi connectivity index (χ4n) is 1.19. The van der Waals surface area contributed by atoms with Gasteiger partial charge in [-0.1, -0.05) is 34.3 Å². The predicted molar refractivity (Wildman–Crippen MR) is 62.7 cm³/mol. The fraction of sp³-hybridized carbons (Fsp3) is 0.727. The van der Waals surface area contributed by atoms with Crippen LogP contribution in [0.4, 0.5) is 0 Å². The molecule has 82 valence electrons. The van der Waals surface area contributed by atoms with E-state index in [2.05, 4.69) is 40.8 Å². The van der Waals surface area contributed by atoms with E-state index < -0.39 is 8.32 Å². The van der Waals surface area contributed by atoms with E-state index in [1.807, 2.05) is 0 Å². The second kappa shape index (κ2) is 4.78. The minimum Gasteiger partial charge on any atom is -0.516 e. The van der Waals surface area contributed by atoms with Crippen molar-refractivity contribution in [3.63, 3.8) is 0 Å². The van der Waals surface area contributed by atoms with E-state index in [1.165, 1.54) is 0 Å². The SMILES string of the molecule is C=C(C)C(=O)O[Si](C)(C(C)C)C(C)C. The summed E-state index contributed by atoms with van der Waals surface area (Å²) in [6.07, 6.45) is 0. The van der Waals surface area contributed by atoms with E-state index in [0.29, 0.717) is 16.7 Å². The highest BCUT2D eigenvalue weighted by Gasteiger charge is 2.40. The van der Waals surface area contributed by atoms with Crippen molar-refractivity contribution in [1.82, 2.24) is 0 Å². The summed E-state index contributed by atoms with van der Waals surface area (Å²) in [6.45, 7) is 15.9. The van der Waals surface area contributed by atoms with Gasteiger partial charge >= 0.3 is 5.97 Å². The summed E-state index contributed by atoms with van der Waals surface area (Å²) in [7, 11) is -1.94. The van der Waals surface area contributed by atoms with Crippen LogP contribution in [0.1, 0.15) is 34.6 Å². The Morgan fingerprint density at radius 2 is 1.57 bits per heavy atom. The fourth-order valence-corrected chi connectivity index (χ4v) is 3.57. The van der Waals surface area contributed by atoms with Gasteiger partial charge in [0, 0.05) is 5.57 Å². The molecule has 0 bridgehead atoms. The molecule has 0 aromatic carbocycles. The van der Waals surface area contributed by atoms with Gasteiger partial charge in [-0.25, -0.2) is 4.79 Å². The second-order valence-corrected chi connectivity index (χ2v) is 9.54. The third-order valence-corrected chi connectivity index (χ3v) is 8.16. The zero-order valence-electron chi connectivity index (χ0n) is 10.2. The standard InChI is InChI=1S/C11H22O2Si/c1-8(2)11(12)13-14(7,9(3)4)10(5)6/h9-10H,1H2,2-7H3. The van der Waals surface area contributed by atoms with Crippen LogP contribution in [0.15, 0.2) is 12.2 Å². The Bertz CT molecular complexity index is 223. The van der Waals surface area contributed by atoms with Crippen LogP contribution in [0.3, 0.4) is 0 Å². The summed E-state index contributed by atoms with van der Waals surface area (Å²) in [5, 5.41) is 0. The Morgan fingerprint density at radius 1 is 1.21 bits per heavy atom. The monoisotopic (exact) mass is 214 g/mol. The van der Waals surface area contributed by atoms with Crippen LogP contribution in [0, 0.1) is 0 Å². The molecule has 0 fully saturated rings. The van der Waals surface area contributed by atoms with Crippen molar-refractivity contribution in [2.75, 3.05) is 0 Å². The number of hydrogen-bond acceptors (Lipinski definition) is 2. The summed E-state index contributed by atoms with van der Waals surface area (Å²) >= 11 is 0. The molecule has 0 heterocycles. The van der Waals surface area contributed by atoms with Crippen LogP contribution < -0.4 is 0 Å². The van der Waals surface area contributed by atoms with Crippen LogP contribution in [0.25, 0.3) is 0 Å². The van der Waals surface area contributed by atoms with Gasteiger partial charge in [0.1, 0.15) is 0 Å². The normalized spacial score (nSPS) is 12.0. The maximum Gasteiger partial charge on any atom is 0.319 e. The highest BCUT2D eigenvalue weighted by molar-refractivity contribution is 6.76. The van der Waals surface area contributed by atoms with Gasteiger partial charge in [-0.05, 0) is 24.6 Å². The number of carbonyl (C=O) groups excluding carboxylic acids is 1. The Hall–Kier alpha value is -0.573. The smallest absolute Gasteiger partial charge is 0.319 e. The zero-order chi connectivity index (χ0) is 11.5. The van der Waals surface area contributed by atoms with Gasteiger partial charge in [-0.2, -0.15) is 0 Å². The van der Waals surface area contributed by atoms with Crippen LogP contribution in [0.2, 0.25) is 17.6 Å². The molecule has 0 amide bonds. The molecule has 2 nitrogen and oxygen atoms in total. The van der Waals surface area contributed by atoms with Crippen molar-refractivity contribution in [2.24, 2.45) is 0 Å². The molecule has 0 aliphatic rings. The molecular formula is C11H22O2Si. The molecule has 14 heavy (non-hydrogen) atoms. The van der Waals surface area contributed by atoms with Crippen molar-refractivity contribution in [3.05, 3.63) is 12.2 Å². The van der Waals surface area contributed by atoms with Crippen molar-refractivity contribution in [2.45, 2.75) is 52.2 Å². The molecule has 0 aromatic rings. The first-order valence-corrected chi connectivity index (χ1v) is 7.67. The van der Waals surface area contributed by atoms with Crippen molar-refractivity contribution < 1.29 is 9.22 Å². The van der Waals surface area contributed by atoms with Crippen molar-refractivity contribution >= 4 is 14.3 Å². The molecule has 0 atom stereocenters. The first-order valence-electron chi connectivity index (χ1n) is 5.10. The van der Waals surface area contributed by atoms with E-state index in [1.54, 1.807) is 6.92 Å². The van der Waals surface area contributed by atoms with Crippen molar-refractivity contribution in [3.8, 4) is 0 Å². The molecule has 0 unspecified atom stereocenters. The van der Waals surface area contributed by atoms with Gasteiger partial charge < -0.3 is 4.43 Å². The molecule has 0 saturated carbocycles. The second-order valence-electron chi connectivity index (χ2n) is 4.66. The maximum absolute atomic E-state index is 11.5. The minimum absolute atomic E-state index is 0.235. The number of carbonyl (C=O) groups is 1. The van der Waals surface area contributed by atoms with Crippen LogP contribution >= 0.6 is 0 Å². The summed E-state index contributed by atoms with van der Waals surface area (Å²) in [5.74, 6) is -0.235. The molecule has 0 rings (SSSR count). The molecule has 3 heteroatoms. The van der Waals surface area contributed by atoms with Crippen LogP contribution in [-0.2, 0) is 9.22 Å². The lowest BCUT2D eigenvalue weighted by atomic mass is 10.4. The largest absolute Gasteiger partial charge is 0.516 e. The molecule has 0 aromatic heterocycles. The average Bonchev–Trinajstić information content (AvgIpc) is 2.02. The van der Waals surface area contributed by atoms with E-state index in [4.69, 9.17) is 4.43 Å². The lowest BCUT2D eigenvalue weighted by molar-refractivity contribution is -0.131. The Labute approximate surface area is 88.5 Å². The van der Waals surface area contributed by atoms with Gasteiger partial charge in [-0.15, -0.1) is 0 Å². The maximum atomic E-state index is 11.5. The van der Waals surface area contributed by atoms with Gasteiger partial charge in [-0.3, -0.25) is 0 Å². The zero-order valence-corrected chi connectivity index (χ0v) is 11.2. The average molecular weight is 214 g/mol. The summed E-state index contributed by atoms with van der Waals surface area (Å²) < 4.78 is 5.62. The summed E-state index contributed by atoms with van der Waals surface area (Å²) in [6, 6.07) is 0. The van der Waals surface area contributed by atoms with Crippen molar-refractivity contribution in [1.29, 1.82) is 0 Å². The van der Waals surface area contributed by atoms with E-state index in [9.17, 15) is 4.79 Å². The molecule has 0 aliphatic heterocycles. The highest BCUT2D eigenvalue weighted by Crippen LogP contribution is 2.33. The lowest BCUT2D eigenvalue weighted by Gasteiger charge is -2.34. The molecule has 0 saturated heterocycles. The molecule has 0 spiro atoms. The van der Waals surface area contributed by atoms with E-state index in [0.717, 1.165) is 0 Å². The first kappa shape index (κ1) is 13.4. The quantitative estimate of drug-likeness (QED) is 0.529. The Balaban J connectivity index is 4.70. The molecule has 0 aliphatic carbocycles. The predicted octanol–water partition coefficient (Wildman–Crippen LogP) is 3.50. The molecule has 0 radical (unpaired) electrons. The third kappa shape index (κ3) is 2.98. The topological polar surface area (TPSA) is 26.3 Å². The van der Waals surface area contributed by atoms with Crippen LogP contribution in [0.5, 0.6) is 0 Å². The highest BCUT2D eigenvalue weighted by atomic mass is 28.4. The van der Waals surface area contributed by atoms with Crippen LogP contribution in [-0.4, -0.2) is 14.3 Å². The van der Waals surface area contributed by atoms with E-state index >= 15 is 0 Å². The molecule has 0 N–H and O–H groups in total. The number of hydrogen-bond donors (Lipinski definition) is 0.